The molecule has 2 aliphatic rings. The van der Waals surface area contributed by atoms with Crippen molar-refractivity contribution in [3.05, 3.63) is 65.0 Å². The molecule has 10 heteroatoms. The summed E-state index contributed by atoms with van der Waals surface area (Å²) in [5.74, 6) is -0.487. The van der Waals surface area contributed by atoms with Gasteiger partial charge in [0, 0.05) is 38.1 Å². The number of amides is 1. The van der Waals surface area contributed by atoms with Crippen molar-refractivity contribution in [2.45, 2.75) is 56.8 Å². The van der Waals surface area contributed by atoms with E-state index in [0.717, 1.165) is 30.2 Å². The molecule has 2 bridgehead atoms. The number of carbonyl (C=O) groups is 1. The van der Waals surface area contributed by atoms with Gasteiger partial charge in [0.1, 0.15) is 11.6 Å². The van der Waals surface area contributed by atoms with Crippen LogP contribution in [0.15, 0.2) is 42.5 Å². The van der Waals surface area contributed by atoms with Gasteiger partial charge in [-0.3, -0.25) is 9.69 Å². The molecule has 4 rings (SSSR count). The van der Waals surface area contributed by atoms with E-state index in [0.29, 0.717) is 19.6 Å². The zero-order chi connectivity index (χ0) is 25.3. The molecule has 2 aromatic carbocycles. The van der Waals surface area contributed by atoms with Gasteiger partial charge < -0.3 is 19.8 Å². The molecule has 35 heavy (non-hydrogen) atoms. The van der Waals surface area contributed by atoms with Crippen LogP contribution in [-0.4, -0.2) is 69.9 Å². The molecule has 2 heterocycles. The molecule has 2 fully saturated rings. The highest BCUT2D eigenvalue weighted by Crippen LogP contribution is 2.34. The summed E-state index contributed by atoms with van der Waals surface area (Å²) in [6, 6.07) is 9.40. The number of benzene rings is 2. The number of ether oxygens (including phenoxy) is 1. The largest absolute Gasteiger partial charge is 0.483 e. The van der Waals surface area contributed by atoms with Gasteiger partial charge in [-0.15, -0.1) is 0 Å². The first-order valence-corrected chi connectivity index (χ1v) is 11.5. The number of hydrogen-bond donors (Lipinski definition) is 2. The van der Waals surface area contributed by atoms with Gasteiger partial charge in [0.2, 0.25) is 0 Å². The molecule has 4 atom stereocenters. The summed E-state index contributed by atoms with van der Waals surface area (Å²) >= 11 is 0. The van der Waals surface area contributed by atoms with E-state index in [1.165, 1.54) is 19.1 Å². The van der Waals surface area contributed by atoms with Crippen LogP contribution in [0.3, 0.4) is 0 Å². The lowest BCUT2D eigenvalue weighted by Gasteiger charge is -2.34. The molecular formula is C25H28F4N2O4. The second-order valence-corrected chi connectivity index (χ2v) is 9.27. The minimum absolute atomic E-state index is 0.0145. The average molecular weight is 497 g/mol. The van der Waals surface area contributed by atoms with Crippen LogP contribution >= 0.6 is 0 Å². The van der Waals surface area contributed by atoms with E-state index in [1.54, 1.807) is 17.0 Å². The summed E-state index contributed by atoms with van der Waals surface area (Å²) in [7, 11) is 0. The second-order valence-electron chi connectivity index (χ2n) is 9.27. The smallest absolute Gasteiger partial charge is 0.416 e. The van der Waals surface area contributed by atoms with Crippen molar-refractivity contribution in [2.75, 3.05) is 19.7 Å². The van der Waals surface area contributed by atoms with Gasteiger partial charge in [-0.25, -0.2) is 4.39 Å². The predicted octanol–water partition coefficient (Wildman–Crippen LogP) is 2.99. The molecule has 0 aromatic heterocycles. The Labute approximate surface area is 200 Å². The molecule has 2 N–H and O–H groups in total. The lowest BCUT2D eigenvalue weighted by molar-refractivity contribution is -0.138. The van der Waals surface area contributed by atoms with E-state index in [9.17, 15) is 32.6 Å². The minimum Gasteiger partial charge on any atom is -0.483 e. The zero-order valence-electron chi connectivity index (χ0n) is 19.2. The molecule has 0 aliphatic carbocycles. The number of hydrogen-bond acceptors (Lipinski definition) is 5. The highest BCUT2D eigenvalue weighted by Gasteiger charge is 2.45. The van der Waals surface area contributed by atoms with Gasteiger partial charge in [-0.1, -0.05) is 12.1 Å². The van der Waals surface area contributed by atoms with E-state index in [-0.39, 0.29) is 48.1 Å². The number of piperazine rings is 1. The Morgan fingerprint density at radius 3 is 2.43 bits per heavy atom. The number of carbonyl (C=O) groups excluding carboxylic acids is 1. The van der Waals surface area contributed by atoms with Crippen molar-refractivity contribution in [1.82, 2.24) is 9.80 Å². The molecule has 6 nitrogen and oxygen atoms in total. The molecule has 0 saturated carbocycles. The average Bonchev–Trinajstić information content (AvgIpc) is 3.39. The monoisotopic (exact) mass is 496 g/mol. The quantitative estimate of drug-likeness (QED) is 0.550. The van der Waals surface area contributed by atoms with Gasteiger partial charge in [0.05, 0.1) is 17.8 Å². The summed E-state index contributed by atoms with van der Waals surface area (Å²) < 4.78 is 58.2. The normalized spacial score (nSPS) is 21.9. The molecule has 2 saturated heterocycles. The summed E-state index contributed by atoms with van der Waals surface area (Å²) in [5, 5.41) is 19.5. The minimum atomic E-state index is -4.58. The third-order valence-corrected chi connectivity index (χ3v) is 6.70. The highest BCUT2D eigenvalue weighted by atomic mass is 19.4. The van der Waals surface area contributed by atoms with Crippen LogP contribution in [0.1, 0.15) is 30.0 Å². The van der Waals surface area contributed by atoms with Crippen LogP contribution in [0.2, 0.25) is 0 Å². The Bertz CT molecular complexity index is 1040. The molecule has 4 unspecified atom stereocenters. The van der Waals surface area contributed by atoms with Crippen molar-refractivity contribution in [2.24, 2.45) is 0 Å². The summed E-state index contributed by atoms with van der Waals surface area (Å²) in [5.41, 5.74) is 0.158. The predicted molar refractivity (Wildman–Crippen MR) is 119 cm³/mol. The van der Waals surface area contributed by atoms with Crippen molar-refractivity contribution >= 4 is 5.91 Å². The number of halogens is 4. The first-order valence-electron chi connectivity index (χ1n) is 11.5. The molecule has 190 valence electrons. The molecule has 0 radical (unpaired) electrons. The van der Waals surface area contributed by atoms with Gasteiger partial charge in [-0.2, -0.15) is 13.2 Å². The lowest BCUT2D eigenvalue weighted by Crippen LogP contribution is -2.49. The maximum Gasteiger partial charge on any atom is 0.416 e. The number of alkyl halides is 3. The van der Waals surface area contributed by atoms with E-state index in [1.807, 2.05) is 0 Å². The fourth-order valence-corrected chi connectivity index (χ4v) is 4.75. The summed E-state index contributed by atoms with van der Waals surface area (Å²) in [6.07, 6.45) is -6.43. The van der Waals surface area contributed by atoms with Crippen LogP contribution in [0.5, 0.6) is 5.75 Å². The number of aliphatic hydroxyl groups is 2. The Morgan fingerprint density at radius 2 is 1.83 bits per heavy atom. The van der Waals surface area contributed by atoms with Crippen LogP contribution in [-0.2, 0) is 23.9 Å². The maximum absolute atomic E-state index is 13.2. The van der Waals surface area contributed by atoms with Crippen LogP contribution in [0.25, 0.3) is 0 Å². The van der Waals surface area contributed by atoms with Gasteiger partial charge in [0.25, 0.3) is 5.91 Å². The van der Waals surface area contributed by atoms with E-state index in [2.05, 4.69) is 4.90 Å². The van der Waals surface area contributed by atoms with E-state index < -0.39 is 23.9 Å². The topological polar surface area (TPSA) is 73.2 Å². The Balaban J connectivity index is 1.37. The molecular weight excluding hydrogens is 468 g/mol. The summed E-state index contributed by atoms with van der Waals surface area (Å²) in [6.45, 7) is 2.86. The van der Waals surface area contributed by atoms with Gasteiger partial charge in [0.15, 0.2) is 6.61 Å². The van der Waals surface area contributed by atoms with Gasteiger partial charge >= 0.3 is 6.18 Å². The zero-order valence-corrected chi connectivity index (χ0v) is 19.2. The number of fused-ring (bicyclic) bond motifs is 2. The van der Waals surface area contributed by atoms with Crippen molar-refractivity contribution in [1.29, 1.82) is 0 Å². The lowest BCUT2D eigenvalue weighted by atomic mass is 10.0. The Morgan fingerprint density at radius 1 is 1.11 bits per heavy atom. The number of aliphatic hydroxyl groups excluding tert-OH is 2. The SMILES string of the molecule is CC(O)C(O)Cc1cc(C(F)(F)F)ccc1OCC(=O)N1CC2CC1CN2Cc1ccc(F)cc1. The highest BCUT2D eigenvalue weighted by molar-refractivity contribution is 5.78. The van der Waals surface area contributed by atoms with Crippen molar-refractivity contribution in [3.8, 4) is 5.75 Å². The molecule has 2 aromatic rings. The number of likely N-dealkylation sites (tertiary alicyclic amines) is 2. The Kier molecular flexibility index (Phi) is 7.35. The fourth-order valence-electron chi connectivity index (χ4n) is 4.75. The number of nitrogens with zero attached hydrogens (tertiary/aromatic N) is 2. The summed E-state index contributed by atoms with van der Waals surface area (Å²) in [4.78, 5) is 16.8. The van der Waals surface area contributed by atoms with E-state index in [4.69, 9.17) is 4.74 Å². The van der Waals surface area contributed by atoms with Crippen LogP contribution < -0.4 is 4.74 Å². The first kappa shape index (κ1) is 25.4. The molecule has 2 aliphatic heterocycles. The molecule has 1 amide bonds. The third-order valence-electron chi connectivity index (χ3n) is 6.70. The Hall–Kier alpha value is -2.69. The first-order chi connectivity index (χ1) is 16.5. The maximum atomic E-state index is 13.2. The standard InChI is InChI=1S/C25H28F4N2O4/c1-15(32)22(33)9-17-8-18(25(27,28)29)4-7-23(17)35-14-24(34)31-13-20-10-21(31)12-30(20)11-16-2-5-19(26)6-3-16/h2-8,15,20-22,32-33H,9-14H2,1H3. The van der Waals surface area contributed by atoms with Crippen molar-refractivity contribution < 1.29 is 37.3 Å². The fraction of sp³-hybridized carbons (Fsp3) is 0.480. The van der Waals surface area contributed by atoms with Gasteiger partial charge in [-0.05, 0) is 54.8 Å². The van der Waals surface area contributed by atoms with Crippen LogP contribution in [0.4, 0.5) is 17.6 Å². The third kappa shape index (κ3) is 5.94. The van der Waals surface area contributed by atoms with Crippen molar-refractivity contribution in [3.63, 3.8) is 0 Å². The van der Waals surface area contributed by atoms with Crippen LogP contribution in [0, 0.1) is 5.82 Å². The number of rotatable bonds is 8. The van der Waals surface area contributed by atoms with E-state index >= 15 is 0 Å². The second kappa shape index (κ2) is 10.1. The molecule has 0 spiro atoms.